The normalized spacial score (nSPS) is 27.6. The van der Waals surface area contributed by atoms with Crippen LogP contribution in [0.2, 0.25) is 0 Å². The Kier molecular flexibility index (Phi) is 4.39. The number of aromatic nitrogens is 3. The highest BCUT2D eigenvalue weighted by molar-refractivity contribution is 5.92. The number of anilines is 1. The molecular weight excluding hydrogens is 382 g/mol. The molecule has 7 rings (SSSR count). The van der Waals surface area contributed by atoms with E-state index in [2.05, 4.69) is 53.8 Å². The minimum absolute atomic E-state index is 0.0374. The van der Waals surface area contributed by atoms with Crippen molar-refractivity contribution in [2.45, 2.75) is 71.0 Å². The second kappa shape index (κ2) is 7.06. The summed E-state index contributed by atoms with van der Waals surface area (Å²) in [5, 5.41) is 6.27. The van der Waals surface area contributed by atoms with E-state index in [0.29, 0.717) is 5.92 Å². The Balaban J connectivity index is 1.30. The van der Waals surface area contributed by atoms with Gasteiger partial charge in [0.1, 0.15) is 0 Å². The molecule has 0 amide bonds. The molecule has 2 N–H and O–H groups in total. The summed E-state index contributed by atoms with van der Waals surface area (Å²) in [5.41, 5.74) is 14.4. The lowest BCUT2D eigenvalue weighted by atomic mass is 9.60. The maximum absolute atomic E-state index is 6.88. The minimum atomic E-state index is 0.0374. The third-order valence-corrected chi connectivity index (χ3v) is 8.36. The summed E-state index contributed by atoms with van der Waals surface area (Å²) in [7, 11) is 0. The van der Waals surface area contributed by atoms with E-state index in [0.717, 1.165) is 43.2 Å². The number of pyridine rings is 1. The van der Waals surface area contributed by atoms with E-state index in [1.807, 2.05) is 0 Å². The Labute approximate surface area is 184 Å². The highest BCUT2D eigenvalue weighted by Crippen LogP contribution is 2.47. The van der Waals surface area contributed by atoms with Crippen LogP contribution in [0.25, 0.3) is 10.9 Å². The number of para-hydroxylation sites is 1. The third-order valence-electron chi connectivity index (χ3n) is 8.36. The molecule has 0 radical (unpaired) electrons. The molecule has 2 bridgehead atoms. The number of benzene rings is 1. The first-order valence-corrected chi connectivity index (χ1v) is 12.0. The molecule has 3 saturated carbocycles. The van der Waals surface area contributed by atoms with Crippen molar-refractivity contribution in [1.82, 2.24) is 14.8 Å². The number of nitrogens with zero attached hydrogens (tertiary/aromatic N) is 4. The summed E-state index contributed by atoms with van der Waals surface area (Å²) < 4.78 is 2.33. The van der Waals surface area contributed by atoms with Crippen LogP contribution >= 0.6 is 0 Å². The first-order valence-electron chi connectivity index (χ1n) is 12.0. The van der Waals surface area contributed by atoms with Crippen LogP contribution in [0.4, 0.5) is 5.69 Å². The van der Waals surface area contributed by atoms with Crippen molar-refractivity contribution in [3.8, 4) is 0 Å². The van der Waals surface area contributed by atoms with Gasteiger partial charge in [-0.25, -0.2) is 0 Å². The minimum Gasteiger partial charge on any atom is -0.366 e. The lowest BCUT2D eigenvalue weighted by Gasteiger charge is -2.50. The zero-order chi connectivity index (χ0) is 21.2. The van der Waals surface area contributed by atoms with E-state index in [9.17, 15) is 0 Å². The lowest BCUT2D eigenvalue weighted by Crippen LogP contribution is -2.56. The molecule has 1 atom stereocenters. The molecule has 0 spiro atoms. The van der Waals surface area contributed by atoms with E-state index in [-0.39, 0.29) is 5.54 Å². The van der Waals surface area contributed by atoms with Crippen LogP contribution in [0.3, 0.4) is 0 Å². The van der Waals surface area contributed by atoms with Crippen LogP contribution in [0.15, 0.2) is 30.3 Å². The highest BCUT2D eigenvalue weighted by Gasteiger charge is 2.45. The summed E-state index contributed by atoms with van der Waals surface area (Å²) >= 11 is 0. The molecule has 3 heterocycles. The standard InChI is InChI=1S/C26H33N5/c1-17-13-25(21-5-3-4-6-23(21)28-17)30-12-9-24-22(16-30)18(2)29-31(24)15-20-14-19-7-10-26(20,27)11-8-19/h3-6,13,19-20H,7-12,14-16,27H2,1-2H3. The average Bonchev–Trinajstić information content (AvgIpc) is 3.09. The van der Waals surface area contributed by atoms with Crippen molar-refractivity contribution in [2.75, 3.05) is 11.4 Å². The summed E-state index contributed by atoms with van der Waals surface area (Å²) in [6, 6.07) is 10.7. The van der Waals surface area contributed by atoms with Gasteiger partial charge in [0.25, 0.3) is 0 Å². The molecule has 162 valence electrons. The van der Waals surface area contributed by atoms with Crippen molar-refractivity contribution < 1.29 is 0 Å². The molecule has 1 unspecified atom stereocenters. The van der Waals surface area contributed by atoms with Crippen LogP contribution < -0.4 is 10.6 Å². The molecule has 1 aromatic carbocycles. The second-order valence-electron chi connectivity index (χ2n) is 10.3. The zero-order valence-corrected chi connectivity index (χ0v) is 18.8. The summed E-state index contributed by atoms with van der Waals surface area (Å²) in [4.78, 5) is 7.25. The second-order valence-corrected chi connectivity index (χ2v) is 10.3. The van der Waals surface area contributed by atoms with Gasteiger partial charge in [0.15, 0.2) is 0 Å². The molecule has 31 heavy (non-hydrogen) atoms. The molecule has 3 aromatic rings. The van der Waals surface area contributed by atoms with Crippen molar-refractivity contribution in [3.05, 3.63) is 53.0 Å². The number of hydrogen-bond donors (Lipinski definition) is 1. The van der Waals surface area contributed by atoms with Gasteiger partial charge in [-0.2, -0.15) is 5.10 Å². The van der Waals surface area contributed by atoms with Gasteiger partial charge in [0.2, 0.25) is 0 Å². The van der Waals surface area contributed by atoms with Gasteiger partial charge in [-0.15, -0.1) is 0 Å². The Morgan fingerprint density at radius 2 is 1.97 bits per heavy atom. The van der Waals surface area contributed by atoms with Gasteiger partial charge in [-0.05, 0) is 69.9 Å². The maximum Gasteiger partial charge on any atom is 0.0726 e. The molecular formula is C26H33N5. The Bertz CT molecular complexity index is 1140. The van der Waals surface area contributed by atoms with Crippen LogP contribution in [-0.4, -0.2) is 26.8 Å². The smallest absolute Gasteiger partial charge is 0.0726 e. The first-order chi connectivity index (χ1) is 15.0. The van der Waals surface area contributed by atoms with Gasteiger partial charge >= 0.3 is 0 Å². The fourth-order valence-corrected chi connectivity index (χ4v) is 6.53. The van der Waals surface area contributed by atoms with E-state index in [4.69, 9.17) is 15.8 Å². The Morgan fingerprint density at radius 1 is 1.16 bits per heavy atom. The molecule has 0 saturated heterocycles. The van der Waals surface area contributed by atoms with E-state index < -0.39 is 0 Å². The fraction of sp³-hybridized carbons (Fsp3) is 0.538. The topological polar surface area (TPSA) is 60.0 Å². The van der Waals surface area contributed by atoms with Crippen molar-refractivity contribution in [1.29, 1.82) is 0 Å². The van der Waals surface area contributed by atoms with Crippen LogP contribution in [0, 0.1) is 25.7 Å². The van der Waals surface area contributed by atoms with Crippen LogP contribution in [0.5, 0.6) is 0 Å². The Morgan fingerprint density at radius 3 is 2.77 bits per heavy atom. The zero-order valence-electron chi connectivity index (χ0n) is 18.8. The summed E-state index contributed by atoms with van der Waals surface area (Å²) in [6.07, 6.45) is 7.40. The number of aryl methyl sites for hydroxylation is 2. The molecule has 5 heteroatoms. The average molecular weight is 416 g/mol. The van der Waals surface area contributed by atoms with E-state index in [1.54, 1.807) is 0 Å². The highest BCUT2D eigenvalue weighted by atomic mass is 15.3. The number of rotatable bonds is 3. The molecule has 2 aromatic heterocycles. The molecule has 3 fully saturated rings. The van der Waals surface area contributed by atoms with E-state index >= 15 is 0 Å². The van der Waals surface area contributed by atoms with Gasteiger partial charge in [-0.3, -0.25) is 9.67 Å². The lowest BCUT2D eigenvalue weighted by molar-refractivity contribution is 0.0541. The van der Waals surface area contributed by atoms with E-state index in [1.165, 1.54) is 60.1 Å². The molecule has 3 aliphatic carbocycles. The van der Waals surface area contributed by atoms with Crippen molar-refractivity contribution >= 4 is 16.6 Å². The number of hydrogen-bond acceptors (Lipinski definition) is 4. The monoisotopic (exact) mass is 415 g/mol. The van der Waals surface area contributed by atoms with Crippen molar-refractivity contribution in [3.63, 3.8) is 0 Å². The van der Waals surface area contributed by atoms with Gasteiger partial charge in [0, 0.05) is 59.6 Å². The SMILES string of the molecule is Cc1cc(N2CCc3c(c(C)nn3CC3CC4CCC3(N)CC4)C2)c2ccccc2n1. The summed E-state index contributed by atoms with van der Waals surface area (Å²) in [6.45, 7) is 7.22. The van der Waals surface area contributed by atoms with Gasteiger partial charge in [0.05, 0.1) is 11.2 Å². The van der Waals surface area contributed by atoms with Gasteiger partial charge < -0.3 is 10.6 Å². The third kappa shape index (κ3) is 3.16. The van der Waals surface area contributed by atoms with Crippen LogP contribution in [-0.2, 0) is 19.5 Å². The summed E-state index contributed by atoms with van der Waals surface area (Å²) in [5.74, 6) is 1.47. The number of fused-ring (bicyclic) bond motifs is 5. The largest absolute Gasteiger partial charge is 0.366 e. The fourth-order valence-electron chi connectivity index (χ4n) is 6.53. The predicted molar refractivity (Wildman–Crippen MR) is 125 cm³/mol. The first kappa shape index (κ1) is 19.3. The van der Waals surface area contributed by atoms with Gasteiger partial charge in [-0.1, -0.05) is 18.2 Å². The van der Waals surface area contributed by atoms with Crippen LogP contribution in [0.1, 0.15) is 54.7 Å². The van der Waals surface area contributed by atoms with Crippen molar-refractivity contribution in [2.24, 2.45) is 17.6 Å². The quantitative estimate of drug-likeness (QED) is 0.683. The molecule has 5 nitrogen and oxygen atoms in total. The molecule has 1 aliphatic heterocycles. The maximum atomic E-state index is 6.88. The predicted octanol–water partition coefficient (Wildman–Crippen LogP) is 4.52. The molecule has 4 aliphatic rings. The Hall–Kier alpha value is -2.40. The number of nitrogens with two attached hydrogens (primary N) is 1.